The first-order valence-corrected chi connectivity index (χ1v) is 7.38. The lowest BCUT2D eigenvalue weighted by molar-refractivity contribution is -0.113. The van der Waals surface area contributed by atoms with Gasteiger partial charge in [0.25, 0.3) is 0 Å². The molecule has 114 valence electrons. The molecule has 0 fully saturated rings. The van der Waals surface area contributed by atoms with Crippen molar-refractivity contribution in [2.75, 3.05) is 17.9 Å². The Kier molecular flexibility index (Phi) is 4.15. The van der Waals surface area contributed by atoms with Gasteiger partial charge in [-0.2, -0.15) is 0 Å². The van der Waals surface area contributed by atoms with Crippen LogP contribution in [0.15, 0.2) is 41.3 Å². The normalized spacial score (nSPS) is 12.3. The molecule has 1 aliphatic heterocycles. The second kappa shape index (κ2) is 6.23. The number of amides is 1. The van der Waals surface area contributed by atoms with E-state index in [1.165, 1.54) is 0 Å². The Hall–Kier alpha value is -2.28. The maximum Gasteiger partial charge on any atom is 0.234 e. The molecule has 2 aromatic carbocycles. The number of carbonyl (C=O) groups is 1. The molecule has 0 saturated heterocycles. The average molecular weight is 323 g/mol. The lowest BCUT2D eigenvalue weighted by Crippen LogP contribution is -2.14. The van der Waals surface area contributed by atoms with Gasteiger partial charge in [0.2, 0.25) is 12.7 Å². The van der Waals surface area contributed by atoms with Crippen molar-refractivity contribution in [2.24, 2.45) is 0 Å². The summed E-state index contributed by atoms with van der Waals surface area (Å²) in [6, 6.07) is 8.15. The van der Waals surface area contributed by atoms with Crippen LogP contribution < -0.4 is 14.8 Å². The van der Waals surface area contributed by atoms with Crippen molar-refractivity contribution in [3.63, 3.8) is 0 Å². The van der Waals surface area contributed by atoms with Crippen LogP contribution in [0, 0.1) is 11.6 Å². The number of benzene rings is 2. The molecule has 22 heavy (non-hydrogen) atoms. The third-order valence-electron chi connectivity index (χ3n) is 2.91. The fourth-order valence-corrected chi connectivity index (χ4v) is 2.66. The van der Waals surface area contributed by atoms with E-state index in [1.54, 1.807) is 18.2 Å². The Bertz CT molecular complexity index is 724. The third kappa shape index (κ3) is 3.30. The SMILES string of the molecule is O=C(CSc1cc(F)ccc1F)Nc1ccc2c(c1)OCO2. The Labute approximate surface area is 129 Å². The lowest BCUT2D eigenvalue weighted by Gasteiger charge is -2.06. The van der Waals surface area contributed by atoms with E-state index in [0.717, 1.165) is 30.0 Å². The summed E-state index contributed by atoms with van der Waals surface area (Å²) in [5.74, 6) is -0.278. The predicted octanol–water partition coefficient (Wildman–Crippen LogP) is 3.42. The first-order valence-electron chi connectivity index (χ1n) is 6.39. The third-order valence-corrected chi connectivity index (χ3v) is 3.94. The zero-order chi connectivity index (χ0) is 15.5. The molecule has 0 aliphatic carbocycles. The van der Waals surface area contributed by atoms with Crippen LogP contribution in [0.5, 0.6) is 11.5 Å². The van der Waals surface area contributed by atoms with Crippen molar-refractivity contribution in [1.82, 2.24) is 0 Å². The number of rotatable bonds is 4. The molecule has 0 atom stereocenters. The molecule has 0 saturated carbocycles. The van der Waals surface area contributed by atoms with Crippen molar-refractivity contribution in [3.05, 3.63) is 48.0 Å². The number of hydrogen-bond donors (Lipinski definition) is 1. The van der Waals surface area contributed by atoms with Crippen molar-refractivity contribution in [3.8, 4) is 11.5 Å². The number of hydrogen-bond acceptors (Lipinski definition) is 4. The van der Waals surface area contributed by atoms with Crippen molar-refractivity contribution >= 4 is 23.4 Å². The number of fused-ring (bicyclic) bond motifs is 1. The number of nitrogens with one attached hydrogen (secondary N) is 1. The Morgan fingerprint density at radius 3 is 2.82 bits per heavy atom. The molecule has 0 bridgehead atoms. The van der Waals surface area contributed by atoms with Gasteiger partial charge >= 0.3 is 0 Å². The maximum absolute atomic E-state index is 13.4. The second-order valence-electron chi connectivity index (χ2n) is 4.48. The van der Waals surface area contributed by atoms with E-state index in [1.807, 2.05) is 0 Å². The molecule has 7 heteroatoms. The maximum atomic E-state index is 13.4. The number of thioether (sulfide) groups is 1. The molecule has 0 aromatic heterocycles. The van der Waals surface area contributed by atoms with Gasteiger partial charge in [0, 0.05) is 16.6 Å². The Balaban J connectivity index is 1.59. The van der Waals surface area contributed by atoms with Gasteiger partial charge in [-0.05, 0) is 30.3 Å². The molecule has 1 N–H and O–H groups in total. The van der Waals surface area contributed by atoms with Gasteiger partial charge in [0.15, 0.2) is 11.5 Å². The number of ether oxygens (including phenoxy) is 2. The summed E-state index contributed by atoms with van der Waals surface area (Å²) in [6.07, 6.45) is 0. The number of halogens is 2. The zero-order valence-electron chi connectivity index (χ0n) is 11.3. The van der Waals surface area contributed by atoms with E-state index in [9.17, 15) is 13.6 Å². The summed E-state index contributed by atoms with van der Waals surface area (Å²) >= 11 is 0.931. The largest absolute Gasteiger partial charge is 0.454 e. The summed E-state index contributed by atoms with van der Waals surface area (Å²) in [5.41, 5.74) is 0.551. The summed E-state index contributed by atoms with van der Waals surface area (Å²) in [7, 11) is 0. The van der Waals surface area contributed by atoms with Crippen molar-refractivity contribution in [1.29, 1.82) is 0 Å². The summed E-state index contributed by atoms with van der Waals surface area (Å²) in [5, 5.41) is 2.66. The lowest BCUT2D eigenvalue weighted by atomic mass is 10.3. The monoisotopic (exact) mass is 323 g/mol. The second-order valence-corrected chi connectivity index (χ2v) is 5.50. The van der Waals surface area contributed by atoms with E-state index in [2.05, 4.69) is 5.32 Å². The molecule has 4 nitrogen and oxygen atoms in total. The minimum atomic E-state index is -0.553. The number of anilines is 1. The van der Waals surface area contributed by atoms with Gasteiger partial charge in [-0.3, -0.25) is 4.79 Å². The van der Waals surface area contributed by atoms with E-state index >= 15 is 0 Å². The fraction of sp³-hybridized carbons (Fsp3) is 0.133. The molecule has 1 amide bonds. The standard InChI is InChI=1S/C15H11F2NO3S/c16-9-1-3-11(17)14(5-9)22-7-15(19)18-10-2-4-12-13(6-10)21-8-20-12/h1-6H,7-8H2,(H,18,19). The van der Waals surface area contributed by atoms with Crippen LogP contribution in [0.2, 0.25) is 0 Å². The molecular formula is C15H11F2NO3S. The van der Waals surface area contributed by atoms with Gasteiger partial charge in [-0.15, -0.1) is 11.8 Å². The van der Waals surface area contributed by atoms with E-state index in [4.69, 9.17) is 9.47 Å². The highest BCUT2D eigenvalue weighted by Crippen LogP contribution is 2.34. The highest BCUT2D eigenvalue weighted by atomic mass is 32.2. The minimum absolute atomic E-state index is 0.0329. The molecule has 0 radical (unpaired) electrons. The van der Waals surface area contributed by atoms with Crippen LogP contribution in [0.1, 0.15) is 0 Å². The van der Waals surface area contributed by atoms with E-state index in [-0.39, 0.29) is 23.3 Å². The van der Waals surface area contributed by atoms with Crippen LogP contribution in [-0.2, 0) is 4.79 Å². The molecule has 2 aromatic rings. The number of carbonyl (C=O) groups excluding carboxylic acids is 1. The van der Waals surface area contributed by atoms with Crippen LogP contribution in [0.4, 0.5) is 14.5 Å². The summed E-state index contributed by atoms with van der Waals surface area (Å²) in [6.45, 7) is 0.154. The molecule has 1 heterocycles. The van der Waals surface area contributed by atoms with Gasteiger partial charge in [0.05, 0.1) is 5.75 Å². The van der Waals surface area contributed by atoms with Crippen LogP contribution in [0.25, 0.3) is 0 Å². The molecule has 1 aliphatic rings. The summed E-state index contributed by atoms with van der Waals surface area (Å²) in [4.78, 5) is 12.0. The Morgan fingerprint density at radius 1 is 1.14 bits per heavy atom. The highest BCUT2D eigenvalue weighted by Gasteiger charge is 2.14. The van der Waals surface area contributed by atoms with Gasteiger partial charge < -0.3 is 14.8 Å². The molecule has 3 rings (SSSR count). The smallest absolute Gasteiger partial charge is 0.234 e. The fourth-order valence-electron chi connectivity index (χ4n) is 1.90. The first-order chi connectivity index (χ1) is 10.6. The minimum Gasteiger partial charge on any atom is -0.454 e. The topological polar surface area (TPSA) is 47.6 Å². The molecule has 0 spiro atoms. The first kappa shape index (κ1) is 14.6. The van der Waals surface area contributed by atoms with Crippen LogP contribution in [0.3, 0.4) is 0 Å². The predicted molar refractivity (Wildman–Crippen MR) is 78.3 cm³/mol. The van der Waals surface area contributed by atoms with Gasteiger partial charge in [0.1, 0.15) is 11.6 Å². The van der Waals surface area contributed by atoms with Crippen molar-refractivity contribution < 1.29 is 23.0 Å². The van der Waals surface area contributed by atoms with Crippen LogP contribution >= 0.6 is 11.8 Å². The van der Waals surface area contributed by atoms with E-state index < -0.39 is 11.6 Å². The average Bonchev–Trinajstić information content (AvgIpc) is 2.96. The Morgan fingerprint density at radius 2 is 1.95 bits per heavy atom. The highest BCUT2D eigenvalue weighted by molar-refractivity contribution is 8.00. The zero-order valence-corrected chi connectivity index (χ0v) is 12.1. The molecule has 0 unspecified atom stereocenters. The van der Waals surface area contributed by atoms with Gasteiger partial charge in [-0.25, -0.2) is 8.78 Å². The van der Waals surface area contributed by atoms with Gasteiger partial charge in [-0.1, -0.05) is 0 Å². The van der Waals surface area contributed by atoms with Crippen molar-refractivity contribution in [2.45, 2.75) is 4.90 Å². The van der Waals surface area contributed by atoms with Crippen LogP contribution in [-0.4, -0.2) is 18.5 Å². The summed E-state index contributed by atoms with van der Waals surface area (Å²) < 4.78 is 36.9. The quantitative estimate of drug-likeness (QED) is 0.876. The molecular weight excluding hydrogens is 312 g/mol. The van der Waals surface area contributed by atoms with E-state index in [0.29, 0.717) is 17.2 Å².